The van der Waals surface area contributed by atoms with E-state index in [1.807, 2.05) is 0 Å². The van der Waals surface area contributed by atoms with Crippen molar-refractivity contribution in [2.24, 2.45) is 5.92 Å². The Morgan fingerprint density at radius 3 is 2.61 bits per heavy atom. The van der Waals surface area contributed by atoms with E-state index in [1.165, 1.54) is 12.8 Å². The average Bonchev–Trinajstić information content (AvgIpc) is 2.81. The quantitative estimate of drug-likeness (QED) is 0.801. The molecule has 0 bridgehead atoms. The van der Waals surface area contributed by atoms with E-state index < -0.39 is 10.0 Å². The molecule has 2 rings (SSSR count). The fourth-order valence-electron chi connectivity index (χ4n) is 3.29. The Kier molecular flexibility index (Phi) is 5.04. The smallest absolute Gasteiger partial charge is 0.213 e. The molecule has 0 radical (unpaired) electrons. The highest BCUT2D eigenvalue weighted by Crippen LogP contribution is 2.27. The molecule has 3 unspecified atom stereocenters. The predicted octanol–water partition coefficient (Wildman–Crippen LogP) is 1.63. The third kappa shape index (κ3) is 3.93. The number of sulfonamides is 1. The highest BCUT2D eigenvalue weighted by molar-refractivity contribution is 7.89. The van der Waals surface area contributed by atoms with Gasteiger partial charge in [-0.25, -0.2) is 13.1 Å². The van der Waals surface area contributed by atoms with Gasteiger partial charge in [0.15, 0.2) is 0 Å². The summed E-state index contributed by atoms with van der Waals surface area (Å²) in [6.07, 6.45) is 7.76. The third-order valence-corrected chi connectivity index (χ3v) is 5.85. The lowest BCUT2D eigenvalue weighted by molar-refractivity contribution is 0.282. The summed E-state index contributed by atoms with van der Waals surface area (Å²) in [5.74, 6) is 0.782. The molecule has 2 N–H and O–H groups in total. The summed E-state index contributed by atoms with van der Waals surface area (Å²) in [5, 5.41) is 3.26. The average molecular weight is 274 g/mol. The number of nitrogens with one attached hydrogen (secondary N) is 2. The predicted molar refractivity (Wildman–Crippen MR) is 74.0 cm³/mol. The second-order valence-electron chi connectivity index (χ2n) is 5.75. The van der Waals surface area contributed by atoms with Crippen LogP contribution in [-0.4, -0.2) is 32.8 Å². The van der Waals surface area contributed by atoms with Gasteiger partial charge in [0.05, 0.1) is 5.75 Å². The van der Waals surface area contributed by atoms with Crippen molar-refractivity contribution >= 4 is 10.0 Å². The van der Waals surface area contributed by atoms with Gasteiger partial charge in [-0.05, 0) is 38.1 Å². The van der Waals surface area contributed by atoms with Crippen LogP contribution < -0.4 is 10.0 Å². The van der Waals surface area contributed by atoms with Crippen LogP contribution in [0.5, 0.6) is 0 Å². The SMILES string of the molecule is CCC1CCCCC1NS(=O)(=O)CC1CCCN1. The topological polar surface area (TPSA) is 58.2 Å². The molecule has 2 aliphatic rings. The van der Waals surface area contributed by atoms with E-state index in [1.54, 1.807) is 0 Å². The second kappa shape index (κ2) is 6.35. The van der Waals surface area contributed by atoms with E-state index in [0.717, 1.165) is 38.6 Å². The Morgan fingerprint density at radius 2 is 1.94 bits per heavy atom. The Balaban J connectivity index is 1.89. The van der Waals surface area contributed by atoms with Gasteiger partial charge in [-0.1, -0.05) is 26.2 Å². The van der Waals surface area contributed by atoms with Gasteiger partial charge < -0.3 is 5.32 Å². The molecule has 0 aromatic rings. The standard InChI is InChI=1S/C13H26N2O2S/c1-2-11-6-3-4-8-13(11)15-18(16,17)10-12-7-5-9-14-12/h11-15H,2-10H2,1H3. The zero-order valence-electron chi connectivity index (χ0n) is 11.3. The summed E-state index contributed by atoms with van der Waals surface area (Å²) in [6.45, 7) is 3.12. The van der Waals surface area contributed by atoms with Crippen molar-refractivity contribution in [2.75, 3.05) is 12.3 Å². The highest BCUT2D eigenvalue weighted by atomic mass is 32.2. The van der Waals surface area contributed by atoms with E-state index in [9.17, 15) is 8.42 Å². The minimum atomic E-state index is -3.12. The van der Waals surface area contributed by atoms with Crippen LogP contribution in [-0.2, 0) is 10.0 Å². The maximum atomic E-state index is 12.2. The van der Waals surface area contributed by atoms with Crippen molar-refractivity contribution in [3.63, 3.8) is 0 Å². The molecule has 1 saturated heterocycles. The fraction of sp³-hybridized carbons (Fsp3) is 1.00. The largest absolute Gasteiger partial charge is 0.313 e. The van der Waals surface area contributed by atoms with Gasteiger partial charge in [0.1, 0.15) is 0 Å². The maximum absolute atomic E-state index is 12.2. The van der Waals surface area contributed by atoms with Crippen LogP contribution in [0.15, 0.2) is 0 Å². The molecule has 18 heavy (non-hydrogen) atoms. The Labute approximate surface area is 111 Å². The summed E-state index contributed by atoms with van der Waals surface area (Å²) >= 11 is 0. The van der Waals surface area contributed by atoms with Crippen LogP contribution in [0.1, 0.15) is 51.9 Å². The lowest BCUT2D eigenvalue weighted by Crippen LogP contribution is -2.45. The molecule has 1 aliphatic heterocycles. The molecule has 1 aliphatic carbocycles. The molecule has 0 spiro atoms. The van der Waals surface area contributed by atoms with Gasteiger partial charge >= 0.3 is 0 Å². The molecular weight excluding hydrogens is 248 g/mol. The minimum Gasteiger partial charge on any atom is -0.313 e. The van der Waals surface area contributed by atoms with Crippen LogP contribution in [0.25, 0.3) is 0 Å². The van der Waals surface area contributed by atoms with Gasteiger partial charge in [-0.15, -0.1) is 0 Å². The van der Waals surface area contributed by atoms with Crippen molar-refractivity contribution in [1.29, 1.82) is 0 Å². The zero-order valence-corrected chi connectivity index (χ0v) is 12.1. The van der Waals surface area contributed by atoms with Crippen molar-refractivity contribution in [3.05, 3.63) is 0 Å². The first-order chi connectivity index (χ1) is 8.61. The molecular formula is C13H26N2O2S. The Hall–Kier alpha value is -0.130. The van der Waals surface area contributed by atoms with Gasteiger partial charge in [-0.2, -0.15) is 0 Å². The second-order valence-corrected chi connectivity index (χ2v) is 7.55. The number of rotatable bonds is 5. The Bertz CT molecular complexity index is 350. The molecule has 1 heterocycles. The first-order valence-electron chi connectivity index (χ1n) is 7.34. The Morgan fingerprint density at radius 1 is 1.17 bits per heavy atom. The molecule has 4 nitrogen and oxygen atoms in total. The van der Waals surface area contributed by atoms with Crippen LogP contribution in [0.3, 0.4) is 0 Å². The first-order valence-corrected chi connectivity index (χ1v) is 8.99. The van der Waals surface area contributed by atoms with E-state index in [-0.39, 0.29) is 17.8 Å². The highest BCUT2D eigenvalue weighted by Gasteiger charge is 2.29. The molecule has 2 fully saturated rings. The molecule has 1 saturated carbocycles. The van der Waals surface area contributed by atoms with E-state index in [4.69, 9.17) is 0 Å². The minimum absolute atomic E-state index is 0.158. The van der Waals surface area contributed by atoms with E-state index in [0.29, 0.717) is 5.92 Å². The summed E-state index contributed by atoms with van der Waals surface area (Å²) in [4.78, 5) is 0. The normalized spacial score (nSPS) is 33.7. The summed E-state index contributed by atoms with van der Waals surface area (Å²) < 4.78 is 27.3. The van der Waals surface area contributed by atoms with Gasteiger partial charge in [-0.3, -0.25) is 0 Å². The maximum Gasteiger partial charge on any atom is 0.213 e. The van der Waals surface area contributed by atoms with Crippen LogP contribution in [0.2, 0.25) is 0 Å². The van der Waals surface area contributed by atoms with Crippen molar-refractivity contribution in [1.82, 2.24) is 10.0 Å². The van der Waals surface area contributed by atoms with Crippen molar-refractivity contribution in [2.45, 2.75) is 64.0 Å². The first kappa shape index (κ1) is 14.3. The third-order valence-electron chi connectivity index (χ3n) is 4.35. The van der Waals surface area contributed by atoms with Crippen molar-refractivity contribution in [3.8, 4) is 0 Å². The fourth-order valence-corrected chi connectivity index (χ4v) is 4.98. The summed E-state index contributed by atoms with van der Waals surface area (Å²) in [6, 6.07) is 0.335. The van der Waals surface area contributed by atoms with Crippen LogP contribution >= 0.6 is 0 Å². The monoisotopic (exact) mass is 274 g/mol. The van der Waals surface area contributed by atoms with E-state index in [2.05, 4.69) is 17.0 Å². The van der Waals surface area contributed by atoms with E-state index >= 15 is 0 Å². The van der Waals surface area contributed by atoms with Gasteiger partial charge in [0.25, 0.3) is 0 Å². The van der Waals surface area contributed by atoms with Crippen molar-refractivity contribution < 1.29 is 8.42 Å². The van der Waals surface area contributed by atoms with Crippen LogP contribution in [0, 0.1) is 5.92 Å². The molecule has 0 aromatic heterocycles. The molecule has 0 amide bonds. The van der Waals surface area contributed by atoms with Gasteiger partial charge in [0, 0.05) is 12.1 Å². The zero-order chi connectivity index (χ0) is 13.0. The number of hydrogen-bond donors (Lipinski definition) is 2. The van der Waals surface area contributed by atoms with Crippen LogP contribution in [0.4, 0.5) is 0 Å². The molecule has 3 atom stereocenters. The molecule has 106 valence electrons. The van der Waals surface area contributed by atoms with Gasteiger partial charge in [0.2, 0.25) is 10.0 Å². The summed E-state index contributed by atoms with van der Waals surface area (Å²) in [7, 11) is -3.12. The summed E-state index contributed by atoms with van der Waals surface area (Å²) in [5.41, 5.74) is 0. The number of hydrogen-bond acceptors (Lipinski definition) is 3. The lowest BCUT2D eigenvalue weighted by Gasteiger charge is -2.31. The lowest BCUT2D eigenvalue weighted by atomic mass is 9.83. The molecule has 5 heteroatoms. The molecule has 0 aromatic carbocycles.